The summed E-state index contributed by atoms with van der Waals surface area (Å²) in [7, 11) is -1.54. The summed E-state index contributed by atoms with van der Waals surface area (Å²) in [5.41, 5.74) is 5.79. The van der Waals surface area contributed by atoms with Crippen molar-refractivity contribution in [2.24, 2.45) is 0 Å². The third kappa shape index (κ3) is 4.31. The van der Waals surface area contributed by atoms with Crippen molar-refractivity contribution < 1.29 is 13.2 Å². The summed E-state index contributed by atoms with van der Waals surface area (Å²) in [5.74, 6) is -0.172. The largest absolute Gasteiger partial charge is 0.382 e. The van der Waals surface area contributed by atoms with E-state index in [-0.39, 0.29) is 24.0 Å². The molecule has 0 bridgehead atoms. The highest BCUT2D eigenvalue weighted by molar-refractivity contribution is 7.90. The van der Waals surface area contributed by atoms with Gasteiger partial charge < -0.3 is 16.0 Å². The Morgan fingerprint density at radius 1 is 1.52 bits per heavy atom. The third-order valence-electron chi connectivity index (χ3n) is 3.42. The topological polar surface area (TPSA) is 105 Å². The van der Waals surface area contributed by atoms with Crippen LogP contribution in [0.4, 0.5) is 10.9 Å². The molecule has 1 heterocycles. The van der Waals surface area contributed by atoms with Crippen LogP contribution in [0.5, 0.6) is 0 Å². The molecule has 1 amide bonds. The monoisotopic (exact) mass is 332 g/mol. The van der Waals surface area contributed by atoms with Crippen molar-refractivity contribution in [1.29, 1.82) is 0 Å². The SMILES string of the molecule is CN(CCS(C)(=O)=O)C(=O)c1sc(NC2CCC2)nc1N. The molecule has 1 aromatic rings. The molecule has 1 fully saturated rings. The maximum Gasteiger partial charge on any atom is 0.267 e. The lowest BCUT2D eigenvalue weighted by Crippen LogP contribution is -2.31. The van der Waals surface area contributed by atoms with Crippen molar-refractivity contribution in [3.05, 3.63) is 4.88 Å². The van der Waals surface area contributed by atoms with Gasteiger partial charge in [0.05, 0.1) is 5.75 Å². The van der Waals surface area contributed by atoms with Gasteiger partial charge in [-0.15, -0.1) is 0 Å². The predicted molar refractivity (Wildman–Crippen MR) is 84.5 cm³/mol. The highest BCUT2D eigenvalue weighted by Crippen LogP contribution is 2.30. The van der Waals surface area contributed by atoms with Crippen molar-refractivity contribution in [1.82, 2.24) is 9.88 Å². The molecule has 0 radical (unpaired) electrons. The van der Waals surface area contributed by atoms with E-state index in [0.717, 1.165) is 19.1 Å². The van der Waals surface area contributed by atoms with E-state index in [4.69, 9.17) is 5.73 Å². The van der Waals surface area contributed by atoms with Crippen LogP contribution in [-0.4, -0.2) is 55.9 Å². The van der Waals surface area contributed by atoms with Crippen LogP contribution in [-0.2, 0) is 9.84 Å². The second-order valence-electron chi connectivity index (χ2n) is 5.36. The number of aromatic nitrogens is 1. The molecule has 7 nitrogen and oxygen atoms in total. The van der Waals surface area contributed by atoms with Gasteiger partial charge in [0.1, 0.15) is 20.5 Å². The first-order chi connectivity index (χ1) is 9.76. The predicted octanol–water partition coefficient (Wildman–Crippen LogP) is 0.806. The average Bonchev–Trinajstić information content (AvgIpc) is 2.70. The van der Waals surface area contributed by atoms with Crippen LogP contribution in [0, 0.1) is 0 Å². The highest BCUT2D eigenvalue weighted by atomic mass is 32.2. The molecule has 0 atom stereocenters. The lowest BCUT2D eigenvalue weighted by atomic mass is 9.93. The van der Waals surface area contributed by atoms with Gasteiger partial charge in [-0.1, -0.05) is 11.3 Å². The van der Waals surface area contributed by atoms with Gasteiger partial charge in [0, 0.05) is 25.9 Å². The summed E-state index contributed by atoms with van der Waals surface area (Å²) < 4.78 is 22.3. The first kappa shape index (κ1) is 16.0. The zero-order valence-corrected chi connectivity index (χ0v) is 13.8. The number of nitrogens with zero attached hydrogens (tertiary/aromatic N) is 2. The summed E-state index contributed by atoms with van der Waals surface area (Å²) >= 11 is 1.22. The smallest absolute Gasteiger partial charge is 0.267 e. The van der Waals surface area contributed by atoms with Crippen LogP contribution in [0.1, 0.15) is 28.9 Å². The molecular formula is C12H20N4O3S2. The fourth-order valence-electron chi connectivity index (χ4n) is 1.85. The standard InChI is InChI=1S/C12H20N4O3S2/c1-16(6-7-21(2,18)19)11(17)9-10(13)15-12(20-9)14-8-4-3-5-8/h8H,3-7,13H2,1-2H3,(H,14,15). The number of carbonyl (C=O) groups excluding carboxylic acids is 1. The molecule has 1 aliphatic rings. The number of thiazole rings is 1. The van der Waals surface area contributed by atoms with E-state index in [1.165, 1.54) is 22.7 Å². The normalized spacial score (nSPS) is 15.5. The summed E-state index contributed by atoms with van der Waals surface area (Å²) in [6.07, 6.45) is 4.57. The Hall–Kier alpha value is -1.35. The van der Waals surface area contributed by atoms with Crippen LogP contribution in [0.2, 0.25) is 0 Å². The maximum atomic E-state index is 12.3. The van der Waals surface area contributed by atoms with Gasteiger partial charge in [-0.05, 0) is 19.3 Å². The molecule has 0 unspecified atom stereocenters. The van der Waals surface area contributed by atoms with Gasteiger partial charge in [0.25, 0.3) is 5.91 Å². The highest BCUT2D eigenvalue weighted by Gasteiger charge is 2.23. The Bertz CT molecular complexity index is 622. The molecule has 1 aliphatic carbocycles. The Labute approximate surface area is 128 Å². The van der Waals surface area contributed by atoms with Gasteiger partial charge in [-0.25, -0.2) is 13.4 Å². The van der Waals surface area contributed by atoms with E-state index in [1.54, 1.807) is 7.05 Å². The molecule has 0 saturated heterocycles. The number of anilines is 2. The minimum absolute atomic E-state index is 0.0683. The zero-order valence-electron chi connectivity index (χ0n) is 12.1. The van der Waals surface area contributed by atoms with Crippen LogP contribution in [0.15, 0.2) is 0 Å². The molecule has 1 saturated carbocycles. The first-order valence-corrected chi connectivity index (χ1v) is 9.60. The number of hydrogen-bond acceptors (Lipinski definition) is 7. The zero-order chi connectivity index (χ0) is 15.6. The molecule has 0 spiro atoms. The Morgan fingerprint density at radius 2 is 2.19 bits per heavy atom. The van der Waals surface area contributed by atoms with Crippen molar-refractivity contribution in [2.45, 2.75) is 25.3 Å². The second kappa shape index (κ2) is 6.18. The van der Waals surface area contributed by atoms with Crippen molar-refractivity contribution >= 4 is 38.0 Å². The van der Waals surface area contributed by atoms with Crippen molar-refractivity contribution in [3.63, 3.8) is 0 Å². The van der Waals surface area contributed by atoms with Crippen LogP contribution in [0.3, 0.4) is 0 Å². The minimum atomic E-state index is -3.10. The third-order valence-corrected chi connectivity index (χ3v) is 5.34. The van der Waals surface area contributed by atoms with Crippen LogP contribution in [0.25, 0.3) is 0 Å². The van der Waals surface area contributed by atoms with Gasteiger partial charge in [0.15, 0.2) is 5.13 Å². The Balaban J connectivity index is 2.00. The maximum absolute atomic E-state index is 12.3. The number of rotatable bonds is 6. The summed E-state index contributed by atoms with van der Waals surface area (Å²) in [5, 5.41) is 3.90. The van der Waals surface area contributed by atoms with Crippen molar-refractivity contribution in [2.75, 3.05) is 36.7 Å². The van der Waals surface area contributed by atoms with E-state index >= 15 is 0 Å². The van der Waals surface area contributed by atoms with Crippen molar-refractivity contribution in [3.8, 4) is 0 Å². The minimum Gasteiger partial charge on any atom is -0.382 e. The molecular weight excluding hydrogens is 312 g/mol. The van der Waals surface area contributed by atoms with E-state index in [9.17, 15) is 13.2 Å². The van der Waals surface area contributed by atoms with Crippen LogP contribution >= 0.6 is 11.3 Å². The lowest BCUT2D eigenvalue weighted by Gasteiger charge is -2.25. The first-order valence-electron chi connectivity index (χ1n) is 6.72. The van der Waals surface area contributed by atoms with Gasteiger partial charge in [-0.3, -0.25) is 4.79 Å². The number of amides is 1. The molecule has 0 aliphatic heterocycles. The van der Waals surface area contributed by atoms with Gasteiger partial charge in [0.2, 0.25) is 0 Å². The second-order valence-corrected chi connectivity index (χ2v) is 8.62. The molecule has 2 rings (SSSR count). The van der Waals surface area contributed by atoms with Crippen LogP contribution < -0.4 is 11.1 Å². The number of hydrogen-bond donors (Lipinski definition) is 2. The van der Waals surface area contributed by atoms with E-state index < -0.39 is 9.84 Å². The summed E-state index contributed by atoms with van der Waals surface area (Å²) in [6.45, 7) is 0.139. The number of sulfone groups is 1. The quantitative estimate of drug-likeness (QED) is 0.798. The number of carbonyl (C=O) groups is 1. The van der Waals surface area contributed by atoms with Gasteiger partial charge in [-0.2, -0.15) is 0 Å². The fraction of sp³-hybridized carbons (Fsp3) is 0.667. The number of nitrogens with one attached hydrogen (secondary N) is 1. The Kier molecular flexibility index (Phi) is 4.72. The summed E-state index contributed by atoms with van der Waals surface area (Å²) in [6, 6.07) is 0.418. The molecule has 3 N–H and O–H groups in total. The molecule has 21 heavy (non-hydrogen) atoms. The van der Waals surface area contributed by atoms with E-state index in [1.807, 2.05) is 0 Å². The number of nitrogens with two attached hydrogens (primary N) is 1. The molecule has 0 aromatic carbocycles. The fourth-order valence-corrected chi connectivity index (χ4v) is 3.41. The molecule has 118 valence electrons. The Morgan fingerprint density at radius 3 is 2.71 bits per heavy atom. The molecule has 9 heteroatoms. The van der Waals surface area contributed by atoms with Gasteiger partial charge >= 0.3 is 0 Å². The summed E-state index contributed by atoms with van der Waals surface area (Å²) in [4.78, 5) is 18.1. The molecule has 1 aromatic heterocycles. The van der Waals surface area contributed by atoms with E-state index in [0.29, 0.717) is 16.1 Å². The lowest BCUT2D eigenvalue weighted by molar-refractivity contribution is 0.0809. The number of nitrogen functional groups attached to an aromatic ring is 1. The van der Waals surface area contributed by atoms with E-state index in [2.05, 4.69) is 10.3 Å². The average molecular weight is 332 g/mol.